The van der Waals surface area contributed by atoms with Crippen LogP contribution in [0.2, 0.25) is 0 Å². The lowest BCUT2D eigenvalue weighted by atomic mass is 10.1. The smallest absolute Gasteiger partial charge is 0.0537 e. The Balaban J connectivity index is 2.90. The topological polar surface area (TPSA) is 46.2 Å². The normalized spacial score (nSPS) is 13.2. The first kappa shape index (κ1) is 11.9. The highest BCUT2D eigenvalue weighted by Gasteiger charge is 1.98. The van der Waals surface area contributed by atoms with Crippen LogP contribution >= 0.6 is 0 Å². The predicted octanol–water partition coefficient (Wildman–Crippen LogP) is 2.06. The van der Waals surface area contributed by atoms with Crippen molar-refractivity contribution in [3.63, 3.8) is 0 Å². The van der Waals surface area contributed by atoms with E-state index < -0.39 is 0 Å². The molecule has 2 nitrogen and oxygen atoms in total. The number of hydrogen-bond donors (Lipinski definition) is 2. The minimum Gasteiger partial charge on any atom is -0.393 e. The van der Waals surface area contributed by atoms with E-state index in [1.807, 2.05) is 6.92 Å². The standard InChI is InChI=1S/C10H23NO/c1-2-10(12)8-6-4-3-5-7-9-11/h10,12H,2-9,11H2,1H3. The van der Waals surface area contributed by atoms with Crippen molar-refractivity contribution in [2.75, 3.05) is 6.54 Å². The highest BCUT2D eigenvalue weighted by Crippen LogP contribution is 2.08. The van der Waals surface area contributed by atoms with Crippen molar-refractivity contribution < 1.29 is 5.11 Å². The van der Waals surface area contributed by atoms with E-state index in [0.29, 0.717) is 0 Å². The fourth-order valence-corrected chi connectivity index (χ4v) is 1.26. The molecule has 0 amide bonds. The minimum atomic E-state index is -0.0699. The zero-order chi connectivity index (χ0) is 9.23. The molecule has 0 aromatic carbocycles. The van der Waals surface area contributed by atoms with Gasteiger partial charge >= 0.3 is 0 Å². The molecule has 12 heavy (non-hydrogen) atoms. The van der Waals surface area contributed by atoms with Gasteiger partial charge in [0.15, 0.2) is 0 Å². The molecule has 0 aromatic heterocycles. The van der Waals surface area contributed by atoms with E-state index in [4.69, 9.17) is 5.73 Å². The lowest BCUT2D eigenvalue weighted by Gasteiger charge is -2.06. The minimum absolute atomic E-state index is 0.0699. The summed E-state index contributed by atoms with van der Waals surface area (Å²) in [6.45, 7) is 2.84. The van der Waals surface area contributed by atoms with Crippen LogP contribution in [-0.2, 0) is 0 Å². The Bertz CT molecular complexity index is 85.9. The zero-order valence-corrected chi connectivity index (χ0v) is 8.26. The van der Waals surface area contributed by atoms with Gasteiger partial charge in [-0.25, -0.2) is 0 Å². The van der Waals surface area contributed by atoms with Gasteiger partial charge in [-0.3, -0.25) is 0 Å². The van der Waals surface area contributed by atoms with Gasteiger partial charge in [-0.05, 0) is 25.8 Å². The predicted molar refractivity (Wildman–Crippen MR) is 53.1 cm³/mol. The third-order valence-corrected chi connectivity index (χ3v) is 2.21. The lowest BCUT2D eigenvalue weighted by molar-refractivity contribution is 0.156. The summed E-state index contributed by atoms with van der Waals surface area (Å²) in [5, 5.41) is 9.24. The molecule has 0 rings (SSSR count). The summed E-state index contributed by atoms with van der Waals surface area (Å²) in [6.07, 6.45) is 7.88. The zero-order valence-electron chi connectivity index (χ0n) is 8.26. The monoisotopic (exact) mass is 173 g/mol. The van der Waals surface area contributed by atoms with Crippen LogP contribution in [-0.4, -0.2) is 17.8 Å². The molecular formula is C10H23NO. The van der Waals surface area contributed by atoms with Gasteiger partial charge in [0.05, 0.1) is 6.10 Å². The molecule has 0 aliphatic carbocycles. The summed E-state index contributed by atoms with van der Waals surface area (Å²) in [5.41, 5.74) is 5.37. The molecule has 0 aliphatic heterocycles. The van der Waals surface area contributed by atoms with Crippen LogP contribution in [0.4, 0.5) is 0 Å². The molecule has 1 unspecified atom stereocenters. The molecule has 0 aromatic rings. The van der Waals surface area contributed by atoms with E-state index in [-0.39, 0.29) is 6.10 Å². The largest absolute Gasteiger partial charge is 0.393 e. The average molecular weight is 173 g/mol. The summed E-state index contributed by atoms with van der Waals surface area (Å²) in [5.74, 6) is 0. The second-order valence-corrected chi connectivity index (χ2v) is 3.41. The van der Waals surface area contributed by atoms with Crippen molar-refractivity contribution in [2.45, 2.75) is 58.0 Å². The van der Waals surface area contributed by atoms with Crippen LogP contribution in [0.15, 0.2) is 0 Å². The highest BCUT2D eigenvalue weighted by atomic mass is 16.3. The Morgan fingerprint density at radius 2 is 1.67 bits per heavy atom. The molecule has 1 atom stereocenters. The van der Waals surface area contributed by atoms with E-state index in [0.717, 1.165) is 25.8 Å². The molecule has 3 N–H and O–H groups in total. The molecular weight excluding hydrogens is 150 g/mol. The van der Waals surface area contributed by atoms with Crippen molar-refractivity contribution in [1.29, 1.82) is 0 Å². The van der Waals surface area contributed by atoms with E-state index in [1.54, 1.807) is 0 Å². The van der Waals surface area contributed by atoms with Gasteiger partial charge in [0.1, 0.15) is 0 Å². The second-order valence-electron chi connectivity index (χ2n) is 3.41. The Labute approximate surface area is 76.2 Å². The summed E-state index contributed by atoms with van der Waals surface area (Å²) < 4.78 is 0. The first-order chi connectivity index (χ1) is 5.81. The van der Waals surface area contributed by atoms with Gasteiger partial charge in [0, 0.05) is 0 Å². The maximum atomic E-state index is 9.24. The Morgan fingerprint density at radius 3 is 2.25 bits per heavy atom. The Morgan fingerprint density at radius 1 is 1.08 bits per heavy atom. The summed E-state index contributed by atoms with van der Waals surface area (Å²) >= 11 is 0. The Kier molecular flexibility index (Phi) is 8.95. The number of unbranched alkanes of at least 4 members (excludes halogenated alkanes) is 4. The van der Waals surface area contributed by atoms with Gasteiger partial charge < -0.3 is 10.8 Å². The van der Waals surface area contributed by atoms with Gasteiger partial charge in [-0.15, -0.1) is 0 Å². The fourth-order valence-electron chi connectivity index (χ4n) is 1.26. The SMILES string of the molecule is CCC(O)CCCCCCCN. The van der Waals surface area contributed by atoms with Crippen LogP contribution in [0.25, 0.3) is 0 Å². The summed E-state index contributed by atoms with van der Waals surface area (Å²) in [7, 11) is 0. The van der Waals surface area contributed by atoms with Gasteiger partial charge in [0.2, 0.25) is 0 Å². The van der Waals surface area contributed by atoms with E-state index in [1.165, 1.54) is 25.7 Å². The number of aliphatic hydroxyl groups is 1. The Hall–Kier alpha value is -0.0800. The lowest BCUT2D eigenvalue weighted by Crippen LogP contribution is -2.03. The van der Waals surface area contributed by atoms with Crippen molar-refractivity contribution in [2.24, 2.45) is 5.73 Å². The molecule has 0 saturated heterocycles. The molecule has 0 bridgehead atoms. The first-order valence-corrected chi connectivity index (χ1v) is 5.19. The van der Waals surface area contributed by atoms with Gasteiger partial charge in [0.25, 0.3) is 0 Å². The van der Waals surface area contributed by atoms with Crippen LogP contribution in [0.3, 0.4) is 0 Å². The van der Waals surface area contributed by atoms with Crippen molar-refractivity contribution in [3.05, 3.63) is 0 Å². The van der Waals surface area contributed by atoms with Crippen LogP contribution in [0.5, 0.6) is 0 Å². The van der Waals surface area contributed by atoms with Gasteiger partial charge in [-0.1, -0.05) is 32.6 Å². The van der Waals surface area contributed by atoms with Crippen LogP contribution in [0.1, 0.15) is 51.9 Å². The molecule has 0 spiro atoms. The summed E-state index contributed by atoms with van der Waals surface area (Å²) in [4.78, 5) is 0. The molecule has 0 aliphatic rings. The van der Waals surface area contributed by atoms with E-state index in [9.17, 15) is 5.11 Å². The quantitative estimate of drug-likeness (QED) is 0.552. The fraction of sp³-hybridized carbons (Fsp3) is 1.00. The second kappa shape index (κ2) is 9.01. The molecule has 74 valence electrons. The highest BCUT2D eigenvalue weighted by molar-refractivity contribution is 4.53. The third-order valence-electron chi connectivity index (χ3n) is 2.21. The number of rotatable bonds is 8. The summed E-state index contributed by atoms with van der Waals surface area (Å²) in [6, 6.07) is 0. The molecule has 0 saturated carbocycles. The van der Waals surface area contributed by atoms with E-state index >= 15 is 0 Å². The van der Waals surface area contributed by atoms with Gasteiger partial charge in [-0.2, -0.15) is 0 Å². The molecule has 2 heteroatoms. The number of nitrogens with two attached hydrogens (primary N) is 1. The average Bonchev–Trinajstić information content (AvgIpc) is 2.10. The van der Waals surface area contributed by atoms with Crippen molar-refractivity contribution >= 4 is 0 Å². The van der Waals surface area contributed by atoms with E-state index in [2.05, 4.69) is 0 Å². The van der Waals surface area contributed by atoms with Crippen LogP contribution < -0.4 is 5.73 Å². The van der Waals surface area contributed by atoms with Crippen molar-refractivity contribution in [1.82, 2.24) is 0 Å². The van der Waals surface area contributed by atoms with Crippen LogP contribution in [0, 0.1) is 0 Å². The number of hydrogen-bond acceptors (Lipinski definition) is 2. The molecule has 0 fully saturated rings. The van der Waals surface area contributed by atoms with Crippen molar-refractivity contribution in [3.8, 4) is 0 Å². The molecule has 0 radical (unpaired) electrons. The molecule has 0 heterocycles. The third kappa shape index (κ3) is 8.02. The first-order valence-electron chi connectivity index (χ1n) is 5.19. The number of aliphatic hydroxyl groups excluding tert-OH is 1. The maximum absolute atomic E-state index is 9.24. The maximum Gasteiger partial charge on any atom is 0.0537 e.